The number of rotatable bonds is 3. The predicted octanol–water partition coefficient (Wildman–Crippen LogP) is 2.10. The zero-order valence-corrected chi connectivity index (χ0v) is 10.6. The van der Waals surface area contributed by atoms with Crippen molar-refractivity contribution in [3.8, 4) is 0 Å². The molecule has 1 aromatic heterocycles. The normalized spacial score (nSPS) is 10.3. The summed E-state index contributed by atoms with van der Waals surface area (Å²) in [5, 5.41) is 5.40. The van der Waals surface area contributed by atoms with E-state index in [1.54, 1.807) is 0 Å². The Kier molecular flexibility index (Phi) is 3.57. The van der Waals surface area contributed by atoms with Crippen molar-refractivity contribution in [2.45, 2.75) is 13.5 Å². The molecule has 2 aromatic rings. The molecule has 0 atom stereocenters. The Hall–Kier alpha value is -1.95. The molecule has 0 aliphatic rings. The first kappa shape index (κ1) is 12.5. The van der Waals surface area contributed by atoms with Gasteiger partial charge >= 0.3 is 0 Å². The topological polar surface area (TPSA) is 68.0 Å². The molecule has 4 nitrogen and oxygen atoms in total. The Labute approximate surface area is 108 Å². The third-order valence-electron chi connectivity index (χ3n) is 2.33. The van der Waals surface area contributed by atoms with E-state index in [1.165, 1.54) is 23.5 Å². The maximum absolute atomic E-state index is 13.5. The minimum Gasteiger partial charge on any atom is -0.399 e. The van der Waals surface area contributed by atoms with Gasteiger partial charge in [-0.3, -0.25) is 4.79 Å². The van der Waals surface area contributed by atoms with E-state index in [2.05, 4.69) is 10.3 Å². The van der Waals surface area contributed by atoms with Crippen LogP contribution in [0.1, 0.15) is 21.1 Å². The lowest BCUT2D eigenvalue weighted by molar-refractivity contribution is 0.0946. The van der Waals surface area contributed by atoms with E-state index in [-0.39, 0.29) is 12.1 Å². The molecule has 1 heterocycles. The van der Waals surface area contributed by atoms with Gasteiger partial charge in [-0.05, 0) is 25.1 Å². The zero-order chi connectivity index (χ0) is 13.1. The minimum atomic E-state index is -0.623. The van der Waals surface area contributed by atoms with Crippen molar-refractivity contribution in [3.63, 3.8) is 0 Å². The van der Waals surface area contributed by atoms with Crippen molar-refractivity contribution in [3.05, 3.63) is 45.7 Å². The Morgan fingerprint density at radius 3 is 2.94 bits per heavy atom. The maximum Gasteiger partial charge on any atom is 0.254 e. The highest BCUT2D eigenvalue weighted by Gasteiger charge is 2.11. The first-order valence-electron chi connectivity index (χ1n) is 5.30. The number of anilines is 1. The average molecular weight is 265 g/mol. The maximum atomic E-state index is 13.5. The molecule has 2 rings (SSSR count). The van der Waals surface area contributed by atoms with Crippen molar-refractivity contribution in [2.75, 3.05) is 5.73 Å². The molecular formula is C12H12FN3OS. The highest BCUT2D eigenvalue weighted by Crippen LogP contribution is 2.12. The molecule has 18 heavy (non-hydrogen) atoms. The number of nitrogens with two attached hydrogens (primary N) is 1. The lowest BCUT2D eigenvalue weighted by Gasteiger charge is -2.05. The summed E-state index contributed by atoms with van der Waals surface area (Å²) in [6.45, 7) is 2.17. The summed E-state index contributed by atoms with van der Waals surface area (Å²) in [6.07, 6.45) is 0. The molecule has 0 saturated heterocycles. The van der Waals surface area contributed by atoms with E-state index in [0.717, 1.165) is 16.8 Å². The third-order valence-corrected chi connectivity index (χ3v) is 3.16. The molecule has 94 valence electrons. The molecule has 0 saturated carbocycles. The Morgan fingerprint density at radius 2 is 2.33 bits per heavy atom. The third kappa shape index (κ3) is 2.84. The fraction of sp³-hybridized carbons (Fsp3) is 0.167. The lowest BCUT2D eigenvalue weighted by Crippen LogP contribution is -2.24. The SMILES string of the molecule is Cc1nc(CNC(=O)c2ccc(N)cc2F)cs1. The smallest absolute Gasteiger partial charge is 0.254 e. The van der Waals surface area contributed by atoms with Crippen LogP contribution in [-0.4, -0.2) is 10.9 Å². The van der Waals surface area contributed by atoms with Crippen molar-refractivity contribution >= 4 is 22.9 Å². The van der Waals surface area contributed by atoms with Gasteiger partial charge in [-0.25, -0.2) is 9.37 Å². The van der Waals surface area contributed by atoms with E-state index in [0.29, 0.717) is 5.69 Å². The summed E-state index contributed by atoms with van der Waals surface area (Å²) in [4.78, 5) is 15.9. The molecule has 0 radical (unpaired) electrons. The number of benzene rings is 1. The molecule has 1 amide bonds. The quantitative estimate of drug-likeness (QED) is 0.835. The summed E-state index contributed by atoms with van der Waals surface area (Å²) in [5.74, 6) is -1.10. The van der Waals surface area contributed by atoms with Gasteiger partial charge in [0.15, 0.2) is 0 Å². The molecular weight excluding hydrogens is 253 g/mol. The lowest BCUT2D eigenvalue weighted by atomic mass is 10.2. The van der Waals surface area contributed by atoms with Gasteiger partial charge in [0.25, 0.3) is 5.91 Å². The van der Waals surface area contributed by atoms with Crippen LogP contribution < -0.4 is 11.1 Å². The van der Waals surface area contributed by atoms with Gasteiger partial charge in [0.05, 0.1) is 22.8 Å². The molecule has 0 unspecified atom stereocenters. The number of carbonyl (C=O) groups is 1. The molecule has 0 aliphatic heterocycles. The van der Waals surface area contributed by atoms with Crippen LogP contribution in [-0.2, 0) is 6.54 Å². The van der Waals surface area contributed by atoms with Gasteiger partial charge < -0.3 is 11.1 Å². The summed E-state index contributed by atoms with van der Waals surface area (Å²) in [7, 11) is 0. The van der Waals surface area contributed by atoms with Gasteiger partial charge in [-0.1, -0.05) is 0 Å². The van der Waals surface area contributed by atoms with Gasteiger partial charge in [-0.15, -0.1) is 11.3 Å². The fourth-order valence-electron chi connectivity index (χ4n) is 1.47. The number of aryl methyl sites for hydroxylation is 1. The predicted molar refractivity (Wildman–Crippen MR) is 68.8 cm³/mol. The van der Waals surface area contributed by atoms with Crippen LogP contribution in [0.3, 0.4) is 0 Å². The number of aromatic nitrogens is 1. The highest BCUT2D eigenvalue weighted by atomic mass is 32.1. The number of nitrogens with zero attached hydrogens (tertiary/aromatic N) is 1. The Morgan fingerprint density at radius 1 is 1.56 bits per heavy atom. The van der Waals surface area contributed by atoms with E-state index in [1.807, 2.05) is 12.3 Å². The fourth-order valence-corrected chi connectivity index (χ4v) is 2.08. The molecule has 0 fully saturated rings. The Bertz CT molecular complexity index is 582. The number of nitrogens with one attached hydrogen (secondary N) is 1. The Balaban J connectivity index is 2.03. The number of halogens is 1. The van der Waals surface area contributed by atoms with Gasteiger partial charge in [0, 0.05) is 11.1 Å². The van der Waals surface area contributed by atoms with Crippen LogP contribution in [0.25, 0.3) is 0 Å². The molecule has 3 N–H and O–H groups in total. The first-order valence-corrected chi connectivity index (χ1v) is 6.18. The average Bonchev–Trinajstić information content (AvgIpc) is 2.72. The van der Waals surface area contributed by atoms with Crippen molar-refractivity contribution in [1.29, 1.82) is 0 Å². The second kappa shape index (κ2) is 5.14. The second-order valence-electron chi connectivity index (χ2n) is 3.78. The summed E-state index contributed by atoms with van der Waals surface area (Å²) >= 11 is 1.50. The minimum absolute atomic E-state index is 0.0175. The van der Waals surface area contributed by atoms with Crippen LogP contribution in [0.2, 0.25) is 0 Å². The molecule has 0 bridgehead atoms. The number of amides is 1. The van der Waals surface area contributed by atoms with Crippen molar-refractivity contribution < 1.29 is 9.18 Å². The van der Waals surface area contributed by atoms with E-state index >= 15 is 0 Å². The second-order valence-corrected chi connectivity index (χ2v) is 4.84. The van der Waals surface area contributed by atoms with Crippen LogP contribution in [0, 0.1) is 12.7 Å². The van der Waals surface area contributed by atoms with Crippen LogP contribution in [0.15, 0.2) is 23.6 Å². The number of carbonyl (C=O) groups excluding carboxylic acids is 1. The molecule has 0 aliphatic carbocycles. The summed E-state index contributed by atoms with van der Waals surface area (Å²) < 4.78 is 13.5. The number of hydrogen-bond acceptors (Lipinski definition) is 4. The molecule has 0 spiro atoms. The van der Waals surface area contributed by atoms with Gasteiger partial charge in [0.2, 0.25) is 0 Å². The van der Waals surface area contributed by atoms with Crippen LogP contribution in [0.5, 0.6) is 0 Å². The largest absolute Gasteiger partial charge is 0.399 e. The number of nitrogen functional groups attached to an aromatic ring is 1. The van der Waals surface area contributed by atoms with E-state index in [9.17, 15) is 9.18 Å². The molecule has 6 heteroatoms. The number of thiazole rings is 1. The number of hydrogen-bond donors (Lipinski definition) is 2. The zero-order valence-electron chi connectivity index (χ0n) is 9.74. The van der Waals surface area contributed by atoms with Crippen LogP contribution >= 0.6 is 11.3 Å². The van der Waals surface area contributed by atoms with Gasteiger partial charge in [-0.2, -0.15) is 0 Å². The first-order chi connectivity index (χ1) is 8.56. The monoisotopic (exact) mass is 265 g/mol. The van der Waals surface area contributed by atoms with E-state index in [4.69, 9.17) is 5.73 Å². The van der Waals surface area contributed by atoms with Crippen molar-refractivity contribution in [2.24, 2.45) is 0 Å². The summed E-state index contributed by atoms with van der Waals surface area (Å²) in [6, 6.07) is 3.99. The van der Waals surface area contributed by atoms with Crippen LogP contribution in [0.4, 0.5) is 10.1 Å². The summed E-state index contributed by atoms with van der Waals surface area (Å²) in [5.41, 5.74) is 6.45. The van der Waals surface area contributed by atoms with E-state index < -0.39 is 11.7 Å². The van der Waals surface area contributed by atoms with Gasteiger partial charge in [0.1, 0.15) is 5.82 Å². The standard InChI is InChI=1S/C12H12FN3OS/c1-7-16-9(6-18-7)5-15-12(17)10-3-2-8(14)4-11(10)13/h2-4,6H,5,14H2,1H3,(H,15,17). The molecule has 1 aromatic carbocycles. The highest BCUT2D eigenvalue weighted by molar-refractivity contribution is 7.09. The van der Waals surface area contributed by atoms with Crippen molar-refractivity contribution in [1.82, 2.24) is 10.3 Å².